The van der Waals surface area contributed by atoms with E-state index >= 15 is 0 Å². The maximum absolute atomic E-state index is 13.0. The van der Waals surface area contributed by atoms with Crippen molar-refractivity contribution in [1.29, 1.82) is 0 Å². The van der Waals surface area contributed by atoms with Crippen LogP contribution in [0.2, 0.25) is 0 Å². The number of fused-ring (bicyclic) bond motifs is 1. The van der Waals surface area contributed by atoms with Crippen LogP contribution in [0.5, 0.6) is 0 Å². The lowest BCUT2D eigenvalue weighted by molar-refractivity contribution is -0.143. The summed E-state index contributed by atoms with van der Waals surface area (Å²) in [5.41, 5.74) is -1.12. The molecule has 0 radical (unpaired) electrons. The molecule has 0 saturated heterocycles. The third-order valence-corrected chi connectivity index (χ3v) is 4.50. The van der Waals surface area contributed by atoms with E-state index < -0.39 is 28.9 Å². The molecule has 0 aromatic heterocycles. The number of benzene rings is 2. The fourth-order valence-corrected chi connectivity index (χ4v) is 3.00. The van der Waals surface area contributed by atoms with Gasteiger partial charge in [-0.3, -0.25) is 4.99 Å². The van der Waals surface area contributed by atoms with E-state index in [1.165, 1.54) is 12.2 Å². The molecule has 1 aliphatic rings. The van der Waals surface area contributed by atoms with Gasteiger partial charge >= 0.3 is 12.4 Å². The van der Waals surface area contributed by atoms with E-state index in [2.05, 4.69) is 4.99 Å². The molecular weight excluding hydrogens is 368 g/mol. The van der Waals surface area contributed by atoms with Crippen LogP contribution in [0.1, 0.15) is 36.1 Å². The zero-order valence-corrected chi connectivity index (χ0v) is 14.4. The highest BCUT2D eigenvalue weighted by molar-refractivity contribution is 6.10. The summed E-state index contributed by atoms with van der Waals surface area (Å²) in [4.78, 5) is 4.45. The largest absolute Gasteiger partial charge is 0.416 e. The second kappa shape index (κ2) is 6.25. The highest BCUT2D eigenvalue weighted by Crippen LogP contribution is 2.40. The first-order valence-corrected chi connectivity index (χ1v) is 8.05. The second-order valence-electron chi connectivity index (χ2n) is 6.81. The van der Waals surface area contributed by atoms with Crippen LogP contribution in [-0.4, -0.2) is 5.71 Å². The summed E-state index contributed by atoms with van der Waals surface area (Å²) in [5, 5.41) is 0. The van der Waals surface area contributed by atoms with Gasteiger partial charge in [-0.05, 0) is 41.5 Å². The lowest BCUT2D eigenvalue weighted by Gasteiger charge is -2.20. The topological polar surface area (TPSA) is 12.4 Å². The van der Waals surface area contributed by atoms with Gasteiger partial charge in [0.1, 0.15) is 0 Å². The van der Waals surface area contributed by atoms with Crippen molar-refractivity contribution in [2.45, 2.75) is 31.6 Å². The van der Waals surface area contributed by atoms with E-state index in [1.807, 2.05) is 38.1 Å². The molecule has 0 bridgehead atoms. The minimum Gasteiger partial charge on any atom is -0.252 e. The number of aliphatic imine (C=N–C) groups is 1. The minimum absolute atomic E-state index is 0.115. The highest BCUT2D eigenvalue weighted by Gasteiger charge is 2.37. The van der Waals surface area contributed by atoms with Crippen LogP contribution in [0.15, 0.2) is 53.5 Å². The number of hydrogen-bond donors (Lipinski definition) is 0. The predicted molar refractivity (Wildman–Crippen MR) is 92.0 cm³/mol. The second-order valence-corrected chi connectivity index (χ2v) is 6.81. The van der Waals surface area contributed by atoms with E-state index in [-0.39, 0.29) is 11.6 Å². The van der Waals surface area contributed by atoms with Gasteiger partial charge in [-0.2, -0.15) is 26.3 Å². The number of alkyl halides is 6. The van der Waals surface area contributed by atoms with E-state index in [4.69, 9.17) is 0 Å². The molecule has 7 heteroatoms. The smallest absolute Gasteiger partial charge is 0.252 e. The van der Waals surface area contributed by atoms with Gasteiger partial charge in [-0.1, -0.05) is 38.1 Å². The van der Waals surface area contributed by atoms with Crippen molar-refractivity contribution in [3.8, 4) is 0 Å². The van der Waals surface area contributed by atoms with Gasteiger partial charge in [-0.25, -0.2) is 0 Å². The normalized spacial score (nSPS) is 16.5. The molecule has 0 atom stereocenters. The van der Waals surface area contributed by atoms with Crippen molar-refractivity contribution in [3.63, 3.8) is 0 Å². The van der Waals surface area contributed by atoms with Crippen molar-refractivity contribution in [3.05, 3.63) is 70.8 Å². The summed E-state index contributed by atoms with van der Waals surface area (Å²) in [7, 11) is 0. The molecule has 0 N–H and O–H groups in total. The van der Waals surface area contributed by atoms with Crippen LogP contribution in [0.4, 0.5) is 32.0 Å². The molecule has 0 amide bonds. The zero-order chi connectivity index (χ0) is 20.0. The maximum Gasteiger partial charge on any atom is 0.416 e. The van der Waals surface area contributed by atoms with E-state index in [9.17, 15) is 26.3 Å². The van der Waals surface area contributed by atoms with Crippen molar-refractivity contribution < 1.29 is 26.3 Å². The van der Waals surface area contributed by atoms with Crippen LogP contribution in [0, 0.1) is 0 Å². The van der Waals surface area contributed by atoms with Crippen molar-refractivity contribution >= 4 is 17.5 Å². The predicted octanol–water partition coefficient (Wildman–Crippen LogP) is 6.80. The number of halogens is 6. The average Bonchev–Trinajstić information content (AvgIpc) is 2.82. The number of nitrogens with zero attached hydrogens (tertiary/aromatic N) is 1. The highest BCUT2D eigenvalue weighted by atomic mass is 19.4. The van der Waals surface area contributed by atoms with Gasteiger partial charge in [-0.15, -0.1) is 0 Å². The molecule has 142 valence electrons. The minimum atomic E-state index is -4.87. The van der Waals surface area contributed by atoms with Crippen molar-refractivity contribution in [2.24, 2.45) is 4.99 Å². The van der Waals surface area contributed by atoms with Crippen LogP contribution in [0.3, 0.4) is 0 Å². The molecule has 0 saturated carbocycles. The number of allylic oxidation sites excluding steroid dienone is 1. The molecule has 2 aromatic rings. The van der Waals surface area contributed by atoms with Crippen LogP contribution >= 0.6 is 0 Å². The number of rotatable bonds is 2. The molecule has 0 unspecified atom stereocenters. The van der Waals surface area contributed by atoms with Crippen molar-refractivity contribution in [2.75, 3.05) is 0 Å². The Balaban J connectivity index is 2.01. The summed E-state index contributed by atoms with van der Waals surface area (Å²) in [6.07, 6.45) is -7.04. The van der Waals surface area contributed by atoms with Crippen LogP contribution in [0.25, 0.3) is 6.08 Å². The summed E-state index contributed by atoms with van der Waals surface area (Å²) >= 11 is 0. The van der Waals surface area contributed by atoms with E-state index in [0.717, 1.165) is 11.3 Å². The molecule has 1 nitrogen and oxygen atoms in total. The van der Waals surface area contributed by atoms with Gasteiger partial charge in [0.05, 0.1) is 22.5 Å². The standard InChI is InChI=1S/C20H15F6N/c1-18(2)15-5-3-4-6-16(15)27-17(18)8-7-12-9-13(19(21,22)23)11-14(10-12)20(24,25)26/h3-11H,1-2H3/b8-7+. The number of hydrogen-bond acceptors (Lipinski definition) is 1. The van der Waals surface area contributed by atoms with Gasteiger partial charge in [0.2, 0.25) is 0 Å². The Bertz CT molecular complexity index is 900. The Morgan fingerprint density at radius 1 is 0.815 bits per heavy atom. The lowest BCUT2D eigenvalue weighted by Crippen LogP contribution is -2.23. The molecule has 27 heavy (non-hydrogen) atoms. The third kappa shape index (κ3) is 3.77. The fraction of sp³-hybridized carbons (Fsp3) is 0.250. The molecule has 0 aliphatic carbocycles. The summed E-state index contributed by atoms with van der Waals surface area (Å²) in [6.45, 7) is 3.80. The third-order valence-electron chi connectivity index (χ3n) is 4.50. The first kappa shape index (κ1) is 19.2. The van der Waals surface area contributed by atoms with Crippen LogP contribution in [-0.2, 0) is 17.8 Å². The molecular formula is C20H15F6N. The Morgan fingerprint density at radius 3 is 1.89 bits per heavy atom. The van der Waals surface area contributed by atoms with Gasteiger partial charge < -0.3 is 0 Å². The van der Waals surface area contributed by atoms with Gasteiger partial charge in [0, 0.05) is 5.41 Å². The monoisotopic (exact) mass is 383 g/mol. The molecule has 2 aromatic carbocycles. The number of para-hydroxylation sites is 1. The SMILES string of the molecule is CC1(C)C(/C=C/c2cc(C(F)(F)F)cc(C(F)(F)F)c2)=Nc2ccccc21. The Labute approximate surface area is 152 Å². The van der Waals surface area contributed by atoms with E-state index in [1.54, 1.807) is 0 Å². The fourth-order valence-electron chi connectivity index (χ4n) is 3.00. The maximum atomic E-state index is 13.0. The first-order chi connectivity index (χ1) is 12.4. The van der Waals surface area contributed by atoms with Crippen LogP contribution < -0.4 is 0 Å². The van der Waals surface area contributed by atoms with Crippen molar-refractivity contribution in [1.82, 2.24) is 0 Å². The molecule has 0 spiro atoms. The average molecular weight is 383 g/mol. The Morgan fingerprint density at radius 2 is 1.37 bits per heavy atom. The molecule has 1 heterocycles. The van der Waals surface area contributed by atoms with Gasteiger partial charge in [0.15, 0.2) is 0 Å². The molecule has 0 fully saturated rings. The Kier molecular flexibility index (Phi) is 4.44. The first-order valence-electron chi connectivity index (χ1n) is 8.05. The molecule has 1 aliphatic heterocycles. The Hall–Kier alpha value is -2.57. The summed E-state index contributed by atoms with van der Waals surface area (Å²) < 4.78 is 77.8. The van der Waals surface area contributed by atoms with E-state index in [0.29, 0.717) is 17.8 Å². The zero-order valence-electron chi connectivity index (χ0n) is 14.4. The molecule has 3 rings (SSSR count). The van der Waals surface area contributed by atoms with Gasteiger partial charge in [0.25, 0.3) is 0 Å². The summed E-state index contributed by atoms with van der Waals surface area (Å²) in [5.74, 6) is 0. The lowest BCUT2D eigenvalue weighted by atomic mass is 9.81. The quantitative estimate of drug-likeness (QED) is 0.506. The summed E-state index contributed by atoms with van der Waals surface area (Å²) in [6, 6.07) is 8.88.